The van der Waals surface area contributed by atoms with Crippen molar-refractivity contribution in [2.75, 3.05) is 12.8 Å². The summed E-state index contributed by atoms with van der Waals surface area (Å²) >= 11 is 0. The van der Waals surface area contributed by atoms with Crippen LogP contribution in [0.15, 0.2) is 36.5 Å². The molecule has 0 saturated heterocycles. The van der Waals surface area contributed by atoms with E-state index in [1.165, 1.54) is 0 Å². The van der Waals surface area contributed by atoms with E-state index >= 15 is 0 Å². The molecule has 1 amide bonds. The number of hydrogen-bond donors (Lipinski definition) is 1. The smallest absolute Gasteiger partial charge is 0.410 e. The van der Waals surface area contributed by atoms with Crippen molar-refractivity contribution >= 4 is 11.8 Å². The number of amides is 1. The van der Waals surface area contributed by atoms with Crippen LogP contribution >= 0.6 is 0 Å². The first-order chi connectivity index (χ1) is 11.7. The van der Waals surface area contributed by atoms with Crippen molar-refractivity contribution in [2.45, 2.75) is 51.2 Å². The second kappa shape index (κ2) is 6.43. The third-order valence-corrected chi connectivity index (χ3v) is 4.52. The lowest BCUT2D eigenvalue weighted by Crippen LogP contribution is -2.46. The summed E-state index contributed by atoms with van der Waals surface area (Å²) in [6.45, 7) is 5.62. The third-order valence-electron chi connectivity index (χ3n) is 4.52. The molecule has 2 N–H and O–H groups in total. The molecule has 0 radical (unpaired) electrons. The molecule has 1 heterocycles. The molecule has 1 fully saturated rings. The molecule has 25 heavy (non-hydrogen) atoms. The van der Waals surface area contributed by atoms with Crippen molar-refractivity contribution in [3.8, 4) is 5.69 Å². The number of rotatable bonds is 3. The summed E-state index contributed by atoms with van der Waals surface area (Å²) < 4.78 is 7.24. The number of para-hydroxylation sites is 1. The van der Waals surface area contributed by atoms with Crippen molar-refractivity contribution < 1.29 is 9.53 Å². The topological polar surface area (TPSA) is 73.4 Å². The molecular weight excluding hydrogens is 316 g/mol. The summed E-state index contributed by atoms with van der Waals surface area (Å²) in [4.78, 5) is 13.8. The van der Waals surface area contributed by atoms with Crippen LogP contribution in [-0.4, -0.2) is 39.5 Å². The number of carbonyl (C=O) groups is 1. The van der Waals surface area contributed by atoms with Gasteiger partial charge in [0.2, 0.25) is 0 Å². The summed E-state index contributed by atoms with van der Waals surface area (Å²) in [6, 6.07) is 10.1. The van der Waals surface area contributed by atoms with Gasteiger partial charge in [0.15, 0.2) is 0 Å². The second-order valence-electron chi connectivity index (χ2n) is 7.66. The Morgan fingerprint density at radius 3 is 2.52 bits per heavy atom. The number of hydrogen-bond acceptors (Lipinski definition) is 4. The Bertz CT molecular complexity index is 743. The Morgan fingerprint density at radius 2 is 1.92 bits per heavy atom. The number of carbonyl (C=O) groups excluding carboxylic acids is 1. The van der Waals surface area contributed by atoms with Crippen LogP contribution in [0.2, 0.25) is 0 Å². The Kier molecular flexibility index (Phi) is 4.45. The van der Waals surface area contributed by atoms with E-state index < -0.39 is 5.60 Å². The van der Waals surface area contributed by atoms with E-state index in [9.17, 15) is 4.79 Å². The van der Waals surface area contributed by atoms with E-state index in [1.807, 2.05) is 62.0 Å². The molecule has 0 bridgehead atoms. The van der Waals surface area contributed by atoms with Gasteiger partial charge in [0.05, 0.1) is 23.3 Å². The molecule has 0 atom stereocenters. The molecule has 1 saturated carbocycles. The van der Waals surface area contributed by atoms with Crippen LogP contribution in [0, 0.1) is 0 Å². The lowest BCUT2D eigenvalue weighted by Gasteiger charge is -2.40. The van der Waals surface area contributed by atoms with Gasteiger partial charge >= 0.3 is 6.09 Å². The number of anilines is 1. The van der Waals surface area contributed by atoms with Crippen LogP contribution in [0.5, 0.6) is 0 Å². The van der Waals surface area contributed by atoms with E-state index in [0.717, 1.165) is 24.2 Å². The highest BCUT2D eigenvalue weighted by Gasteiger charge is 2.38. The standard InChI is InChI=1S/C19H26N4O2/c1-19(2,3)25-18(24)22(4)15-10-13(11-15)17-16(20)12-23(21-17)14-8-6-5-7-9-14/h5-9,12-13,15H,10-11,20H2,1-4H3. The van der Waals surface area contributed by atoms with Gasteiger partial charge in [-0.05, 0) is 45.7 Å². The average Bonchev–Trinajstić information content (AvgIpc) is 2.87. The predicted octanol–water partition coefficient (Wildman–Crippen LogP) is 3.57. The number of ether oxygens (including phenoxy) is 1. The zero-order chi connectivity index (χ0) is 18.2. The molecule has 1 aliphatic carbocycles. The first kappa shape index (κ1) is 17.3. The fourth-order valence-electron chi connectivity index (χ4n) is 3.04. The Labute approximate surface area is 148 Å². The SMILES string of the molecule is CN(C(=O)OC(C)(C)C)C1CC(c2nn(-c3ccccc3)cc2N)C1. The maximum Gasteiger partial charge on any atom is 0.410 e. The summed E-state index contributed by atoms with van der Waals surface area (Å²) in [7, 11) is 1.79. The highest BCUT2D eigenvalue weighted by atomic mass is 16.6. The van der Waals surface area contributed by atoms with E-state index in [1.54, 1.807) is 11.9 Å². The summed E-state index contributed by atoms with van der Waals surface area (Å²) in [5, 5.41) is 4.66. The second-order valence-corrected chi connectivity index (χ2v) is 7.66. The summed E-state index contributed by atoms with van der Waals surface area (Å²) in [5.74, 6) is 0.278. The first-order valence-electron chi connectivity index (χ1n) is 8.61. The number of nitrogen functional groups attached to an aromatic ring is 1. The average molecular weight is 342 g/mol. The van der Waals surface area contributed by atoms with Crippen molar-refractivity contribution in [2.24, 2.45) is 0 Å². The van der Waals surface area contributed by atoms with Crippen LogP contribution in [0.4, 0.5) is 10.5 Å². The monoisotopic (exact) mass is 342 g/mol. The minimum Gasteiger partial charge on any atom is -0.444 e. The summed E-state index contributed by atoms with van der Waals surface area (Å²) in [5.41, 5.74) is 8.29. The zero-order valence-electron chi connectivity index (χ0n) is 15.3. The van der Waals surface area contributed by atoms with Gasteiger partial charge in [-0.15, -0.1) is 0 Å². The van der Waals surface area contributed by atoms with Crippen LogP contribution in [0.3, 0.4) is 0 Å². The maximum atomic E-state index is 12.2. The van der Waals surface area contributed by atoms with E-state index in [-0.39, 0.29) is 18.1 Å². The highest BCUT2D eigenvalue weighted by molar-refractivity contribution is 5.68. The Balaban J connectivity index is 1.63. The van der Waals surface area contributed by atoms with Gasteiger partial charge in [-0.1, -0.05) is 18.2 Å². The first-order valence-corrected chi connectivity index (χ1v) is 8.61. The summed E-state index contributed by atoms with van der Waals surface area (Å²) in [6.07, 6.45) is 3.28. The minimum atomic E-state index is -0.479. The van der Waals surface area contributed by atoms with Crippen LogP contribution in [0.1, 0.15) is 45.2 Å². The van der Waals surface area contributed by atoms with Gasteiger partial charge in [-0.2, -0.15) is 5.10 Å². The molecule has 134 valence electrons. The van der Waals surface area contributed by atoms with Crippen LogP contribution < -0.4 is 5.73 Å². The quantitative estimate of drug-likeness (QED) is 0.925. The molecule has 1 aromatic carbocycles. The normalized spacial score (nSPS) is 20.0. The maximum absolute atomic E-state index is 12.2. The molecular formula is C19H26N4O2. The van der Waals surface area contributed by atoms with E-state index in [2.05, 4.69) is 5.10 Å². The van der Waals surface area contributed by atoms with Gasteiger partial charge in [-0.25, -0.2) is 9.48 Å². The van der Waals surface area contributed by atoms with E-state index in [4.69, 9.17) is 10.5 Å². The van der Waals surface area contributed by atoms with Gasteiger partial charge < -0.3 is 15.4 Å². The molecule has 2 aromatic rings. The molecule has 1 aliphatic rings. The van der Waals surface area contributed by atoms with E-state index in [0.29, 0.717) is 5.69 Å². The molecule has 1 aromatic heterocycles. The minimum absolute atomic E-state index is 0.168. The molecule has 0 unspecified atom stereocenters. The fraction of sp³-hybridized carbons (Fsp3) is 0.474. The number of nitrogens with zero attached hydrogens (tertiary/aromatic N) is 3. The fourth-order valence-corrected chi connectivity index (χ4v) is 3.04. The van der Waals surface area contributed by atoms with Crippen LogP contribution in [0.25, 0.3) is 5.69 Å². The van der Waals surface area contributed by atoms with Crippen molar-refractivity contribution in [3.05, 3.63) is 42.2 Å². The number of benzene rings is 1. The molecule has 0 aliphatic heterocycles. The Morgan fingerprint density at radius 1 is 1.28 bits per heavy atom. The van der Waals surface area contributed by atoms with Gasteiger partial charge in [0, 0.05) is 19.0 Å². The van der Waals surface area contributed by atoms with Crippen molar-refractivity contribution in [1.82, 2.24) is 14.7 Å². The van der Waals surface area contributed by atoms with Gasteiger partial charge in [0.1, 0.15) is 5.60 Å². The largest absolute Gasteiger partial charge is 0.444 e. The lowest BCUT2D eigenvalue weighted by atomic mass is 9.77. The lowest BCUT2D eigenvalue weighted by molar-refractivity contribution is 0.0117. The molecule has 0 spiro atoms. The predicted molar refractivity (Wildman–Crippen MR) is 97.7 cm³/mol. The molecule has 6 nitrogen and oxygen atoms in total. The number of aromatic nitrogens is 2. The molecule has 3 rings (SSSR count). The van der Waals surface area contributed by atoms with Gasteiger partial charge in [0.25, 0.3) is 0 Å². The van der Waals surface area contributed by atoms with Crippen molar-refractivity contribution in [3.63, 3.8) is 0 Å². The van der Waals surface area contributed by atoms with Crippen LogP contribution in [-0.2, 0) is 4.74 Å². The Hall–Kier alpha value is -2.50. The molecule has 6 heteroatoms. The van der Waals surface area contributed by atoms with Gasteiger partial charge in [-0.3, -0.25) is 0 Å². The zero-order valence-corrected chi connectivity index (χ0v) is 15.3. The third kappa shape index (κ3) is 3.78. The number of nitrogens with two attached hydrogens (primary N) is 1. The van der Waals surface area contributed by atoms with Crippen molar-refractivity contribution in [1.29, 1.82) is 0 Å². The highest BCUT2D eigenvalue weighted by Crippen LogP contribution is 2.41.